The molecule has 0 spiro atoms. The molecule has 6 nitrogen and oxygen atoms in total. The molecule has 1 amide bonds. The number of aliphatic hydroxyl groups is 1. The summed E-state index contributed by atoms with van der Waals surface area (Å²) in [7, 11) is -4.30. The molecule has 1 saturated heterocycles. The van der Waals surface area contributed by atoms with Crippen molar-refractivity contribution in [2.45, 2.75) is 23.6 Å². The molecular weight excluding hydrogens is 337 g/mol. The Morgan fingerprint density at radius 1 is 1.30 bits per heavy atom. The Morgan fingerprint density at radius 3 is 2.39 bits per heavy atom. The van der Waals surface area contributed by atoms with Crippen molar-refractivity contribution in [3.8, 4) is 0 Å². The van der Waals surface area contributed by atoms with Crippen LogP contribution in [0, 0.1) is 0 Å². The summed E-state index contributed by atoms with van der Waals surface area (Å²) in [5.41, 5.74) is 0.203. The van der Waals surface area contributed by atoms with Crippen LogP contribution in [0.25, 0.3) is 0 Å². The number of hydrogen-bond acceptors (Lipinski definition) is 4. The van der Waals surface area contributed by atoms with Gasteiger partial charge in [0.05, 0.1) is 11.0 Å². The summed E-state index contributed by atoms with van der Waals surface area (Å²) >= 11 is 0. The van der Waals surface area contributed by atoms with Gasteiger partial charge in [-0.15, -0.1) is 0 Å². The number of halogens is 3. The van der Waals surface area contributed by atoms with Crippen molar-refractivity contribution < 1.29 is 31.5 Å². The van der Waals surface area contributed by atoms with Gasteiger partial charge in [0, 0.05) is 18.7 Å². The number of sulfonamides is 1. The lowest BCUT2D eigenvalue weighted by molar-refractivity contribution is -0.121. The lowest BCUT2D eigenvalue weighted by Crippen LogP contribution is -2.33. The molecule has 10 heteroatoms. The van der Waals surface area contributed by atoms with Gasteiger partial charge in [0.25, 0.3) is 5.91 Å². The van der Waals surface area contributed by atoms with Crippen LogP contribution in [0.5, 0.6) is 0 Å². The Kier molecular flexibility index (Phi) is 4.97. The summed E-state index contributed by atoms with van der Waals surface area (Å²) in [6.07, 6.45) is -4.76. The standard InChI is InChI=1S/C13H15F3N2O4S/c14-13(15,16)8-17-23(21,22)11-3-1-9(2-4-11)12(20)18-6-5-10(19)7-18/h1-4,10,17,19H,5-8H2/t10-/m1/s1. The third-order valence-electron chi connectivity index (χ3n) is 3.32. The van der Waals surface area contributed by atoms with E-state index in [4.69, 9.17) is 0 Å². The largest absolute Gasteiger partial charge is 0.402 e. The predicted octanol–water partition coefficient (Wildman–Crippen LogP) is 0.734. The molecule has 0 aromatic heterocycles. The molecule has 1 aliphatic heterocycles. The monoisotopic (exact) mass is 352 g/mol. The van der Waals surface area contributed by atoms with E-state index < -0.39 is 28.8 Å². The summed E-state index contributed by atoms with van der Waals surface area (Å²) in [5.74, 6) is -0.367. The molecule has 1 heterocycles. The van der Waals surface area contributed by atoms with Crippen LogP contribution in [0.1, 0.15) is 16.8 Å². The van der Waals surface area contributed by atoms with Gasteiger partial charge in [-0.3, -0.25) is 4.79 Å². The molecule has 1 aromatic rings. The van der Waals surface area contributed by atoms with Crippen LogP contribution >= 0.6 is 0 Å². The van der Waals surface area contributed by atoms with E-state index in [-0.39, 0.29) is 22.9 Å². The third-order valence-corrected chi connectivity index (χ3v) is 4.74. The predicted molar refractivity (Wildman–Crippen MR) is 74.2 cm³/mol. The number of carbonyl (C=O) groups is 1. The summed E-state index contributed by atoms with van der Waals surface area (Å²) in [5, 5.41) is 9.40. The van der Waals surface area contributed by atoms with Crippen LogP contribution < -0.4 is 4.72 Å². The lowest BCUT2D eigenvalue weighted by atomic mass is 10.2. The molecule has 0 saturated carbocycles. The first-order valence-corrected chi connectivity index (χ1v) is 8.21. The SMILES string of the molecule is O=C(c1ccc(S(=O)(=O)NCC(F)(F)F)cc1)N1CC[C@@H](O)C1. The fraction of sp³-hybridized carbons (Fsp3) is 0.462. The maximum Gasteiger partial charge on any atom is 0.402 e. The molecule has 2 N–H and O–H groups in total. The average molecular weight is 352 g/mol. The van der Waals surface area contributed by atoms with Crippen molar-refractivity contribution in [2.24, 2.45) is 0 Å². The van der Waals surface area contributed by atoms with Gasteiger partial charge < -0.3 is 10.0 Å². The summed E-state index contributed by atoms with van der Waals surface area (Å²) in [6, 6.07) is 4.60. The van der Waals surface area contributed by atoms with Crippen molar-refractivity contribution in [3.63, 3.8) is 0 Å². The summed E-state index contributed by atoms with van der Waals surface area (Å²) < 4.78 is 61.1. The van der Waals surface area contributed by atoms with Crippen molar-refractivity contribution in [2.75, 3.05) is 19.6 Å². The number of β-amino-alcohol motifs (C(OH)–C–C–N with tert-alkyl or cyclic N) is 1. The van der Waals surface area contributed by atoms with E-state index in [9.17, 15) is 31.5 Å². The van der Waals surface area contributed by atoms with Crippen LogP contribution in [0.4, 0.5) is 13.2 Å². The Morgan fingerprint density at radius 2 is 1.91 bits per heavy atom. The third kappa shape index (κ3) is 4.66. The highest BCUT2D eigenvalue weighted by molar-refractivity contribution is 7.89. The normalized spacial score (nSPS) is 19.1. The van der Waals surface area contributed by atoms with Crippen LogP contribution in [0.3, 0.4) is 0 Å². The van der Waals surface area contributed by atoms with Crippen molar-refractivity contribution >= 4 is 15.9 Å². The van der Waals surface area contributed by atoms with E-state index in [1.807, 2.05) is 0 Å². The molecule has 23 heavy (non-hydrogen) atoms. The zero-order valence-electron chi connectivity index (χ0n) is 11.9. The second kappa shape index (κ2) is 6.46. The van der Waals surface area contributed by atoms with Gasteiger partial charge in [0.15, 0.2) is 0 Å². The maximum absolute atomic E-state index is 12.1. The molecular formula is C13H15F3N2O4S. The lowest BCUT2D eigenvalue weighted by Gasteiger charge is -2.15. The molecule has 1 aliphatic rings. The zero-order valence-corrected chi connectivity index (χ0v) is 12.7. The average Bonchev–Trinajstić information content (AvgIpc) is 2.91. The first kappa shape index (κ1) is 17.7. The van der Waals surface area contributed by atoms with Gasteiger partial charge in [0.2, 0.25) is 10.0 Å². The van der Waals surface area contributed by atoms with E-state index >= 15 is 0 Å². The number of hydrogen-bond donors (Lipinski definition) is 2. The van der Waals surface area contributed by atoms with Gasteiger partial charge in [0.1, 0.15) is 6.54 Å². The fourth-order valence-electron chi connectivity index (χ4n) is 2.15. The molecule has 2 rings (SSSR count). The number of benzene rings is 1. The summed E-state index contributed by atoms with van der Waals surface area (Å²) in [6.45, 7) is -1.07. The van der Waals surface area contributed by atoms with Crippen LogP contribution in [-0.4, -0.2) is 56.2 Å². The van der Waals surface area contributed by atoms with E-state index in [1.165, 1.54) is 21.8 Å². The molecule has 0 radical (unpaired) electrons. The van der Waals surface area contributed by atoms with Gasteiger partial charge >= 0.3 is 6.18 Å². The van der Waals surface area contributed by atoms with Gasteiger partial charge in [-0.25, -0.2) is 13.1 Å². The minimum atomic E-state index is -4.65. The zero-order chi connectivity index (χ0) is 17.3. The highest BCUT2D eigenvalue weighted by Gasteiger charge is 2.30. The molecule has 1 atom stereocenters. The van der Waals surface area contributed by atoms with Gasteiger partial charge in [-0.05, 0) is 30.7 Å². The first-order chi connectivity index (χ1) is 10.6. The Balaban J connectivity index is 2.08. The molecule has 0 aliphatic carbocycles. The van der Waals surface area contributed by atoms with Gasteiger partial charge in [-0.1, -0.05) is 0 Å². The number of alkyl halides is 3. The smallest absolute Gasteiger partial charge is 0.391 e. The Bertz CT molecular complexity index is 673. The molecule has 1 fully saturated rings. The number of nitrogens with one attached hydrogen (secondary N) is 1. The van der Waals surface area contributed by atoms with Gasteiger partial charge in [-0.2, -0.15) is 13.2 Å². The number of aliphatic hydroxyl groups excluding tert-OH is 1. The highest BCUT2D eigenvalue weighted by Crippen LogP contribution is 2.17. The Hall–Kier alpha value is -1.65. The maximum atomic E-state index is 12.1. The second-order valence-electron chi connectivity index (χ2n) is 5.16. The molecule has 1 aromatic carbocycles. The number of nitrogens with zero attached hydrogens (tertiary/aromatic N) is 1. The van der Waals surface area contributed by atoms with Crippen LogP contribution in [0.2, 0.25) is 0 Å². The first-order valence-electron chi connectivity index (χ1n) is 6.72. The number of amides is 1. The number of carbonyl (C=O) groups excluding carboxylic acids is 1. The summed E-state index contributed by atoms with van der Waals surface area (Å²) in [4.78, 5) is 13.2. The Labute approximate surface area is 131 Å². The molecule has 0 bridgehead atoms. The van der Waals surface area contributed by atoms with Crippen LogP contribution in [0.15, 0.2) is 29.2 Å². The highest BCUT2D eigenvalue weighted by atomic mass is 32.2. The number of rotatable bonds is 4. The number of likely N-dealkylation sites (tertiary alicyclic amines) is 1. The van der Waals surface area contributed by atoms with E-state index in [2.05, 4.69) is 0 Å². The second-order valence-corrected chi connectivity index (χ2v) is 6.92. The van der Waals surface area contributed by atoms with Crippen LogP contribution in [-0.2, 0) is 10.0 Å². The fourth-order valence-corrected chi connectivity index (χ4v) is 3.16. The van der Waals surface area contributed by atoms with Crippen molar-refractivity contribution in [1.29, 1.82) is 0 Å². The van der Waals surface area contributed by atoms with E-state index in [1.54, 1.807) is 0 Å². The minimum absolute atomic E-state index is 0.200. The quantitative estimate of drug-likeness (QED) is 0.837. The van der Waals surface area contributed by atoms with Crippen molar-refractivity contribution in [3.05, 3.63) is 29.8 Å². The van der Waals surface area contributed by atoms with E-state index in [0.717, 1.165) is 12.1 Å². The molecule has 0 unspecified atom stereocenters. The van der Waals surface area contributed by atoms with Crippen molar-refractivity contribution in [1.82, 2.24) is 9.62 Å². The van der Waals surface area contributed by atoms with E-state index in [0.29, 0.717) is 13.0 Å². The topological polar surface area (TPSA) is 86.7 Å². The molecule has 128 valence electrons. The minimum Gasteiger partial charge on any atom is -0.391 e.